The minimum Gasteiger partial charge on any atom is -0.367 e. The van der Waals surface area contributed by atoms with Crippen molar-refractivity contribution in [3.05, 3.63) is 71.2 Å². The van der Waals surface area contributed by atoms with Crippen LogP contribution in [0.2, 0.25) is 0 Å². The second-order valence-electron chi connectivity index (χ2n) is 5.22. The van der Waals surface area contributed by atoms with E-state index in [4.69, 9.17) is 10.3 Å². The molecule has 5 nitrogen and oxygen atoms in total. The SMILES string of the molecule is Cc1noc(N)c1C1C=CN(Cc2ccccc2)C=C1C#N. The second-order valence-corrected chi connectivity index (χ2v) is 5.22. The third-order valence-electron chi connectivity index (χ3n) is 3.69. The van der Waals surface area contributed by atoms with Crippen LogP contribution in [-0.4, -0.2) is 10.1 Å². The fourth-order valence-corrected chi connectivity index (χ4v) is 2.62. The maximum absolute atomic E-state index is 9.46. The third-order valence-corrected chi connectivity index (χ3v) is 3.69. The lowest BCUT2D eigenvalue weighted by Gasteiger charge is -2.24. The molecule has 0 radical (unpaired) electrons. The predicted molar refractivity (Wildman–Crippen MR) is 83.2 cm³/mol. The topological polar surface area (TPSA) is 79.1 Å². The minimum atomic E-state index is -0.205. The predicted octanol–water partition coefficient (Wildman–Crippen LogP) is 3.09. The van der Waals surface area contributed by atoms with Crippen LogP contribution in [0, 0.1) is 18.3 Å². The molecule has 5 heteroatoms. The minimum absolute atomic E-state index is 0.205. The maximum atomic E-state index is 9.46. The summed E-state index contributed by atoms with van der Waals surface area (Å²) in [6.07, 6.45) is 5.77. The molecule has 1 aliphatic rings. The number of nitriles is 1. The number of benzene rings is 1. The fraction of sp³-hybridized carbons (Fsp3) is 0.176. The molecule has 3 rings (SSSR count). The molecule has 110 valence electrons. The van der Waals surface area contributed by atoms with Gasteiger partial charge < -0.3 is 15.2 Å². The summed E-state index contributed by atoms with van der Waals surface area (Å²) >= 11 is 0. The molecular formula is C17H16N4O. The fourth-order valence-electron chi connectivity index (χ4n) is 2.62. The molecule has 2 aromatic rings. The van der Waals surface area contributed by atoms with E-state index in [9.17, 15) is 5.26 Å². The third kappa shape index (κ3) is 2.59. The van der Waals surface area contributed by atoms with Gasteiger partial charge in [-0.2, -0.15) is 5.26 Å². The summed E-state index contributed by atoms with van der Waals surface area (Å²) in [5, 5.41) is 13.3. The van der Waals surface area contributed by atoms with Crippen LogP contribution in [0.4, 0.5) is 5.88 Å². The summed E-state index contributed by atoms with van der Waals surface area (Å²) in [7, 11) is 0. The number of nitrogens with two attached hydrogens (primary N) is 1. The number of rotatable bonds is 3. The van der Waals surface area contributed by atoms with Gasteiger partial charge in [0.05, 0.1) is 22.9 Å². The first-order chi connectivity index (χ1) is 10.7. The molecule has 1 aromatic carbocycles. The Morgan fingerprint density at radius 3 is 2.77 bits per heavy atom. The zero-order valence-electron chi connectivity index (χ0n) is 12.2. The van der Waals surface area contributed by atoms with Crippen molar-refractivity contribution in [2.45, 2.75) is 19.4 Å². The van der Waals surface area contributed by atoms with Crippen LogP contribution in [0.1, 0.15) is 22.7 Å². The lowest BCUT2D eigenvalue weighted by atomic mass is 9.90. The van der Waals surface area contributed by atoms with Gasteiger partial charge in [-0.3, -0.25) is 0 Å². The summed E-state index contributed by atoms with van der Waals surface area (Å²) in [6, 6.07) is 12.4. The van der Waals surface area contributed by atoms with Crippen LogP contribution in [-0.2, 0) is 6.54 Å². The zero-order valence-corrected chi connectivity index (χ0v) is 12.2. The van der Waals surface area contributed by atoms with Gasteiger partial charge in [0.25, 0.3) is 0 Å². The van der Waals surface area contributed by atoms with Gasteiger partial charge in [0.2, 0.25) is 5.88 Å². The number of hydrogen-bond acceptors (Lipinski definition) is 5. The van der Waals surface area contributed by atoms with Crippen LogP contribution in [0.3, 0.4) is 0 Å². The smallest absolute Gasteiger partial charge is 0.226 e. The number of nitrogens with zero attached hydrogens (tertiary/aromatic N) is 3. The van der Waals surface area contributed by atoms with Gasteiger partial charge in [0, 0.05) is 24.9 Å². The highest BCUT2D eigenvalue weighted by Crippen LogP contribution is 2.35. The largest absolute Gasteiger partial charge is 0.367 e. The Balaban J connectivity index is 1.86. The number of hydrogen-bond donors (Lipinski definition) is 1. The second kappa shape index (κ2) is 5.78. The molecule has 0 bridgehead atoms. The highest BCUT2D eigenvalue weighted by Gasteiger charge is 2.25. The van der Waals surface area contributed by atoms with Crippen molar-refractivity contribution in [2.75, 3.05) is 5.73 Å². The standard InChI is InChI=1S/C17H16N4O/c1-12-16(17(19)22-20-12)15-7-8-21(11-14(15)9-18)10-13-5-3-2-4-6-13/h2-8,11,15H,10,19H2,1H3. The van der Waals surface area contributed by atoms with Crippen molar-refractivity contribution in [1.29, 1.82) is 5.26 Å². The molecule has 1 aliphatic heterocycles. The van der Waals surface area contributed by atoms with E-state index in [-0.39, 0.29) is 11.8 Å². The van der Waals surface area contributed by atoms with E-state index >= 15 is 0 Å². The average molecular weight is 292 g/mol. The molecule has 2 N–H and O–H groups in total. The molecule has 0 fully saturated rings. The number of allylic oxidation sites excluding steroid dienone is 2. The first-order valence-corrected chi connectivity index (χ1v) is 7.00. The van der Waals surface area contributed by atoms with E-state index in [1.165, 1.54) is 5.56 Å². The molecule has 0 aliphatic carbocycles. The van der Waals surface area contributed by atoms with Crippen molar-refractivity contribution in [1.82, 2.24) is 10.1 Å². The summed E-state index contributed by atoms with van der Waals surface area (Å²) in [5.41, 5.74) is 9.12. The Hall–Kier alpha value is -3.00. The van der Waals surface area contributed by atoms with Gasteiger partial charge in [-0.05, 0) is 12.5 Å². The van der Waals surface area contributed by atoms with Crippen molar-refractivity contribution < 1.29 is 4.52 Å². The van der Waals surface area contributed by atoms with E-state index in [1.54, 1.807) is 0 Å². The molecule has 1 atom stereocenters. The molecule has 1 unspecified atom stereocenters. The van der Waals surface area contributed by atoms with Crippen molar-refractivity contribution in [3.8, 4) is 6.07 Å². The molecule has 1 aromatic heterocycles. The highest BCUT2D eigenvalue weighted by atomic mass is 16.5. The molecule has 0 spiro atoms. The Morgan fingerprint density at radius 1 is 1.36 bits per heavy atom. The Kier molecular flexibility index (Phi) is 3.67. The molecular weight excluding hydrogens is 276 g/mol. The first kappa shape index (κ1) is 14.0. The van der Waals surface area contributed by atoms with Crippen LogP contribution in [0.15, 0.2) is 58.9 Å². The van der Waals surface area contributed by atoms with Crippen LogP contribution < -0.4 is 5.73 Å². The van der Waals surface area contributed by atoms with Crippen molar-refractivity contribution in [3.63, 3.8) is 0 Å². The van der Waals surface area contributed by atoms with Gasteiger partial charge in [-0.1, -0.05) is 41.6 Å². The van der Waals surface area contributed by atoms with Crippen LogP contribution >= 0.6 is 0 Å². The number of aryl methyl sites for hydroxylation is 1. The van der Waals surface area contributed by atoms with Crippen LogP contribution in [0.25, 0.3) is 0 Å². The summed E-state index contributed by atoms with van der Waals surface area (Å²) in [6.45, 7) is 2.54. The number of anilines is 1. The van der Waals surface area contributed by atoms with Gasteiger partial charge in [-0.25, -0.2) is 0 Å². The van der Waals surface area contributed by atoms with Gasteiger partial charge in [-0.15, -0.1) is 0 Å². The Labute approximate surface area is 128 Å². The maximum Gasteiger partial charge on any atom is 0.226 e. The normalized spacial score (nSPS) is 17.2. The Bertz CT molecular complexity index is 748. The molecule has 0 saturated carbocycles. The molecule has 2 heterocycles. The number of nitrogen functional groups attached to an aromatic ring is 1. The van der Waals surface area contributed by atoms with Gasteiger partial charge >= 0.3 is 0 Å². The lowest BCUT2D eigenvalue weighted by Crippen LogP contribution is -2.17. The van der Waals surface area contributed by atoms with E-state index in [0.717, 1.165) is 5.56 Å². The highest BCUT2D eigenvalue weighted by molar-refractivity contribution is 5.52. The van der Waals surface area contributed by atoms with E-state index in [2.05, 4.69) is 23.4 Å². The summed E-state index contributed by atoms with van der Waals surface area (Å²) in [5.74, 6) is 0.0630. The van der Waals surface area contributed by atoms with Crippen molar-refractivity contribution >= 4 is 5.88 Å². The average Bonchev–Trinajstić information content (AvgIpc) is 2.87. The summed E-state index contributed by atoms with van der Waals surface area (Å²) < 4.78 is 5.01. The molecule has 22 heavy (non-hydrogen) atoms. The van der Waals surface area contributed by atoms with Crippen molar-refractivity contribution in [2.24, 2.45) is 0 Å². The van der Waals surface area contributed by atoms with E-state index < -0.39 is 0 Å². The Morgan fingerprint density at radius 2 is 2.14 bits per heavy atom. The number of aromatic nitrogens is 1. The lowest BCUT2D eigenvalue weighted by molar-refractivity contribution is 0.430. The van der Waals surface area contributed by atoms with Crippen LogP contribution in [0.5, 0.6) is 0 Å². The van der Waals surface area contributed by atoms with E-state index in [0.29, 0.717) is 17.8 Å². The first-order valence-electron chi connectivity index (χ1n) is 7.00. The quantitative estimate of drug-likeness (QED) is 0.940. The van der Waals surface area contributed by atoms with E-state index in [1.807, 2.05) is 48.5 Å². The molecule has 0 amide bonds. The summed E-state index contributed by atoms with van der Waals surface area (Å²) in [4.78, 5) is 1.99. The monoisotopic (exact) mass is 292 g/mol. The molecule has 0 saturated heterocycles. The van der Waals surface area contributed by atoms with Gasteiger partial charge in [0.15, 0.2) is 0 Å². The zero-order chi connectivity index (χ0) is 15.5. The van der Waals surface area contributed by atoms with Gasteiger partial charge in [0.1, 0.15) is 0 Å².